The molecule has 1 aliphatic rings. The number of carbonyl (C=O) groups excluding carboxylic acids is 1. The lowest BCUT2D eigenvalue weighted by molar-refractivity contribution is -0.903. The summed E-state index contributed by atoms with van der Waals surface area (Å²) >= 11 is 0. The summed E-state index contributed by atoms with van der Waals surface area (Å²) in [6.45, 7) is 11.2. The summed E-state index contributed by atoms with van der Waals surface area (Å²) in [5, 5.41) is 11.7. The largest absolute Gasteiger partial charge is 0.444 e. The Morgan fingerprint density at radius 3 is 2.71 bits per heavy atom. The standard InChI is InChI=1S/C22H32N3O3/c1-17-14-24(21(26)28-22(2,3)4)11-6-5-10-23(17)15-18-7-8-20-16-25(27)12-9-19(20)13-18/h7-9,12-13,16-17,27H,5-6,10-11,14-15H2,1-4H3/q+1/t17-/m1/s1. The van der Waals surface area contributed by atoms with E-state index in [1.165, 1.54) is 5.56 Å². The summed E-state index contributed by atoms with van der Waals surface area (Å²) in [6.07, 6.45) is 5.17. The molecule has 1 N–H and O–H groups in total. The molecular formula is C22H32N3O3+. The molecule has 6 heteroatoms. The second-order valence-electron chi connectivity index (χ2n) is 8.74. The summed E-state index contributed by atoms with van der Waals surface area (Å²) in [5.74, 6) is 0. The highest BCUT2D eigenvalue weighted by Gasteiger charge is 2.27. The Labute approximate surface area is 167 Å². The van der Waals surface area contributed by atoms with E-state index >= 15 is 0 Å². The van der Waals surface area contributed by atoms with E-state index in [1.54, 1.807) is 12.4 Å². The topological polar surface area (TPSA) is 56.9 Å². The summed E-state index contributed by atoms with van der Waals surface area (Å²) in [7, 11) is 0. The molecule has 1 saturated heterocycles. The summed E-state index contributed by atoms with van der Waals surface area (Å²) < 4.78 is 6.66. The zero-order valence-electron chi connectivity index (χ0n) is 17.4. The van der Waals surface area contributed by atoms with Crippen molar-refractivity contribution in [3.05, 3.63) is 42.2 Å². The maximum Gasteiger partial charge on any atom is 0.410 e. The van der Waals surface area contributed by atoms with Gasteiger partial charge in [0.15, 0.2) is 0 Å². The number of carbonyl (C=O) groups is 1. The van der Waals surface area contributed by atoms with Crippen LogP contribution in [0.4, 0.5) is 4.79 Å². The van der Waals surface area contributed by atoms with E-state index in [4.69, 9.17) is 4.74 Å². The molecule has 0 saturated carbocycles. The van der Waals surface area contributed by atoms with Crippen molar-refractivity contribution < 1.29 is 19.5 Å². The first kappa shape index (κ1) is 20.4. The van der Waals surface area contributed by atoms with Crippen LogP contribution in [0.3, 0.4) is 0 Å². The van der Waals surface area contributed by atoms with Crippen LogP contribution >= 0.6 is 0 Å². The van der Waals surface area contributed by atoms with E-state index in [1.807, 2.05) is 37.8 Å². The third-order valence-electron chi connectivity index (χ3n) is 5.10. The lowest BCUT2D eigenvalue weighted by atomic mass is 10.1. The molecule has 0 aliphatic carbocycles. The molecule has 0 radical (unpaired) electrons. The highest BCUT2D eigenvalue weighted by Crippen LogP contribution is 2.19. The molecule has 0 bridgehead atoms. The maximum atomic E-state index is 12.5. The number of hydrogen-bond acceptors (Lipinski definition) is 4. The number of ether oxygens (including phenoxy) is 1. The van der Waals surface area contributed by atoms with Gasteiger partial charge in [0.05, 0.1) is 5.39 Å². The van der Waals surface area contributed by atoms with Gasteiger partial charge in [-0.25, -0.2) is 4.79 Å². The van der Waals surface area contributed by atoms with Crippen molar-refractivity contribution in [1.29, 1.82) is 0 Å². The lowest BCUT2D eigenvalue weighted by Gasteiger charge is -2.36. The van der Waals surface area contributed by atoms with Crippen molar-refractivity contribution in [3.63, 3.8) is 0 Å². The monoisotopic (exact) mass is 386 g/mol. The third-order valence-corrected chi connectivity index (χ3v) is 5.10. The molecule has 1 amide bonds. The molecule has 1 aromatic carbocycles. The molecule has 28 heavy (non-hydrogen) atoms. The normalized spacial score (nSPS) is 19.3. The molecule has 1 aliphatic heterocycles. The van der Waals surface area contributed by atoms with Gasteiger partial charge in [0.25, 0.3) is 0 Å². The van der Waals surface area contributed by atoms with Crippen LogP contribution in [0.15, 0.2) is 36.7 Å². The Hall–Kier alpha value is -2.34. The number of hydrogen-bond donors (Lipinski definition) is 1. The molecule has 1 fully saturated rings. The van der Waals surface area contributed by atoms with Gasteiger partial charge in [0.1, 0.15) is 5.60 Å². The summed E-state index contributed by atoms with van der Waals surface area (Å²) in [4.78, 5) is 16.8. The minimum Gasteiger partial charge on any atom is -0.444 e. The molecule has 2 heterocycles. The predicted octanol–water partition coefficient (Wildman–Crippen LogP) is 3.59. The number of fused-ring (bicyclic) bond motifs is 1. The number of rotatable bonds is 2. The SMILES string of the molecule is C[C@@H]1CN(C(=O)OC(C)(C)C)CCCCN1Cc1ccc2c[n+](O)ccc2c1. The Balaban J connectivity index is 1.70. The Bertz CT molecular complexity index is 831. The van der Waals surface area contributed by atoms with Crippen molar-refractivity contribution in [1.82, 2.24) is 9.80 Å². The molecule has 6 nitrogen and oxygen atoms in total. The Kier molecular flexibility index (Phi) is 6.08. The average Bonchev–Trinajstić information content (AvgIpc) is 2.59. The van der Waals surface area contributed by atoms with E-state index < -0.39 is 5.60 Å². The second kappa shape index (κ2) is 8.35. The number of benzene rings is 1. The third kappa shape index (κ3) is 5.35. The molecule has 1 aromatic heterocycles. The van der Waals surface area contributed by atoms with Crippen LogP contribution in [0.5, 0.6) is 0 Å². The van der Waals surface area contributed by atoms with Crippen molar-refractivity contribution in [2.24, 2.45) is 0 Å². The molecule has 2 aromatic rings. The van der Waals surface area contributed by atoms with E-state index in [2.05, 4.69) is 24.0 Å². The van der Waals surface area contributed by atoms with Crippen LogP contribution in [-0.2, 0) is 11.3 Å². The van der Waals surface area contributed by atoms with Crippen LogP contribution in [0.1, 0.15) is 46.1 Å². The number of pyridine rings is 1. The van der Waals surface area contributed by atoms with Crippen molar-refractivity contribution in [2.75, 3.05) is 19.6 Å². The minimum absolute atomic E-state index is 0.218. The average molecular weight is 387 g/mol. The first-order chi connectivity index (χ1) is 13.2. The second-order valence-corrected chi connectivity index (χ2v) is 8.74. The smallest absolute Gasteiger partial charge is 0.410 e. The summed E-state index contributed by atoms with van der Waals surface area (Å²) in [5.41, 5.74) is 0.764. The quantitative estimate of drug-likeness (QED) is 0.633. The van der Waals surface area contributed by atoms with Gasteiger partial charge in [0.2, 0.25) is 12.4 Å². The molecule has 0 spiro atoms. The van der Waals surface area contributed by atoms with Gasteiger partial charge in [-0.3, -0.25) is 10.1 Å². The van der Waals surface area contributed by atoms with Gasteiger partial charge in [-0.15, -0.1) is 0 Å². The van der Waals surface area contributed by atoms with Gasteiger partial charge in [-0.2, -0.15) is 0 Å². The zero-order chi connectivity index (χ0) is 20.3. The zero-order valence-corrected chi connectivity index (χ0v) is 17.4. The Morgan fingerprint density at radius 1 is 1.21 bits per heavy atom. The number of aromatic nitrogens is 1. The molecule has 0 unspecified atom stereocenters. The van der Waals surface area contributed by atoms with Gasteiger partial charge >= 0.3 is 6.09 Å². The molecule has 3 rings (SSSR count). The fourth-order valence-electron chi connectivity index (χ4n) is 3.65. The van der Waals surface area contributed by atoms with Crippen LogP contribution in [0, 0.1) is 0 Å². The van der Waals surface area contributed by atoms with Gasteiger partial charge < -0.3 is 9.64 Å². The number of amides is 1. The van der Waals surface area contributed by atoms with E-state index in [9.17, 15) is 10.0 Å². The maximum absolute atomic E-state index is 12.5. The van der Waals surface area contributed by atoms with E-state index in [-0.39, 0.29) is 12.1 Å². The van der Waals surface area contributed by atoms with Gasteiger partial charge in [0, 0.05) is 36.5 Å². The number of nitrogens with zero attached hydrogens (tertiary/aromatic N) is 3. The van der Waals surface area contributed by atoms with Crippen LogP contribution < -0.4 is 4.73 Å². The van der Waals surface area contributed by atoms with E-state index in [0.29, 0.717) is 6.54 Å². The van der Waals surface area contributed by atoms with Gasteiger partial charge in [-0.1, -0.05) is 6.07 Å². The van der Waals surface area contributed by atoms with Crippen molar-refractivity contribution >= 4 is 16.9 Å². The van der Waals surface area contributed by atoms with Crippen molar-refractivity contribution in [2.45, 2.75) is 58.7 Å². The predicted molar refractivity (Wildman–Crippen MR) is 108 cm³/mol. The first-order valence-electron chi connectivity index (χ1n) is 10.1. The highest BCUT2D eigenvalue weighted by atomic mass is 16.6. The fraction of sp³-hybridized carbons (Fsp3) is 0.545. The van der Waals surface area contributed by atoms with E-state index in [0.717, 1.165) is 48.0 Å². The highest BCUT2D eigenvalue weighted by molar-refractivity contribution is 5.81. The van der Waals surface area contributed by atoms with Crippen LogP contribution in [0.2, 0.25) is 0 Å². The lowest BCUT2D eigenvalue weighted by Crippen LogP contribution is -2.48. The molecular weight excluding hydrogens is 354 g/mol. The molecule has 1 atom stereocenters. The fourth-order valence-corrected chi connectivity index (χ4v) is 3.65. The minimum atomic E-state index is -0.472. The first-order valence-corrected chi connectivity index (χ1v) is 10.1. The van der Waals surface area contributed by atoms with Crippen LogP contribution in [0.25, 0.3) is 10.8 Å². The van der Waals surface area contributed by atoms with Crippen molar-refractivity contribution in [3.8, 4) is 0 Å². The summed E-state index contributed by atoms with van der Waals surface area (Å²) in [6, 6.07) is 8.49. The Morgan fingerprint density at radius 2 is 1.96 bits per heavy atom. The van der Waals surface area contributed by atoms with Crippen LogP contribution in [-0.4, -0.2) is 52.4 Å². The molecule has 152 valence electrons. The van der Waals surface area contributed by atoms with Gasteiger partial charge in [-0.05, 0) is 70.2 Å².